The molecule has 1 aromatic heterocycles. The number of fused-ring (bicyclic) bond motifs is 1. The van der Waals surface area contributed by atoms with Gasteiger partial charge in [-0.15, -0.1) is 6.42 Å². The third kappa shape index (κ3) is 3.86. The molecule has 2 aromatic rings. The Hall–Kier alpha value is -2.58. The maximum absolute atomic E-state index is 13.1. The highest BCUT2D eigenvalue weighted by Crippen LogP contribution is 2.67. The van der Waals surface area contributed by atoms with E-state index in [2.05, 4.69) is 35.0 Å². The number of hydrogen-bond acceptors (Lipinski definition) is 4. The van der Waals surface area contributed by atoms with Gasteiger partial charge in [0.15, 0.2) is 0 Å². The van der Waals surface area contributed by atoms with E-state index in [4.69, 9.17) is 11.2 Å². The van der Waals surface area contributed by atoms with Gasteiger partial charge in [0.2, 0.25) is 0 Å². The lowest BCUT2D eigenvalue weighted by molar-refractivity contribution is -0.187. The van der Waals surface area contributed by atoms with Gasteiger partial charge in [0.25, 0.3) is 0 Å². The summed E-state index contributed by atoms with van der Waals surface area (Å²) in [5, 5.41) is 4.04. The Morgan fingerprint density at radius 2 is 1.97 bits per heavy atom. The van der Waals surface area contributed by atoms with E-state index < -0.39 is 0 Å². The Morgan fingerprint density at radius 3 is 2.66 bits per heavy atom. The zero-order valence-corrected chi connectivity index (χ0v) is 19.4. The summed E-state index contributed by atoms with van der Waals surface area (Å²) in [5.74, 6) is 3.35. The number of amides is 1. The van der Waals surface area contributed by atoms with Crippen LogP contribution in [-0.2, 0) is 11.3 Å². The summed E-state index contributed by atoms with van der Waals surface area (Å²) >= 11 is 0. The number of hydrogen-bond donors (Lipinski definition) is 1. The third-order valence-corrected chi connectivity index (χ3v) is 7.78. The molecule has 5 heteroatoms. The van der Waals surface area contributed by atoms with E-state index in [1.54, 1.807) is 6.20 Å². The highest BCUT2D eigenvalue weighted by Gasteiger charge is 2.61. The van der Waals surface area contributed by atoms with Crippen LogP contribution in [0.25, 0.3) is 10.9 Å². The number of nitrogens with one attached hydrogen (secondary N) is 1. The lowest BCUT2D eigenvalue weighted by Gasteiger charge is -2.64. The van der Waals surface area contributed by atoms with E-state index in [1.807, 2.05) is 31.3 Å². The van der Waals surface area contributed by atoms with Gasteiger partial charge in [-0.2, -0.15) is 0 Å². The largest absolute Gasteiger partial charge is 0.443 e. The number of anilines is 1. The monoisotopic (exact) mass is 431 g/mol. The van der Waals surface area contributed by atoms with Crippen LogP contribution in [0, 0.1) is 29.1 Å². The minimum absolute atomic E-state index is 0.300. The molecule has 2 atom stereocenters. The summed E-state index contributed by atoms with van der Waals surface area (Å²) in [6.07, 6.45) is 13.6. The molecular weight excluding hydrogens is 398 g/mol. The Balaban J connectivity index is 1.36. The van der Waals surface area contributed by atoms with Crippen molar-refractivity contribution >= 4 is 22.7 Å². The minimum atomic E-state index is -0.358. The van der Waals surface area contributed by atoms with Gasteiger partial charge in [-0.1, -0.05) is 31.9 Å². The van der Waals surface area contributed by atoms with Gasteiger partial charge >= 0.3 is 6.09 Å². The fraction of sp³-hybridized carbons (Fsp3) is 0.556. The Labute approximate surface area is 190 Å². The molecule has 4 fully saturated rings. The smallest absolute Gasteiger partial charge is 0.412 e. The van der Waals surface area contributed by atoms with Crippen molar-refractivity contribution in [2.45, 2.75) is 64.5 Å². The van der Waals surface area contributed by atoms with Crippen LogP contribution in [0.4, 0.5) is 10.5 Å². The van der Waals surface area contributed by atoms with Crippen LogP contribution in [-0.4, -0.2) is 35.2 Å². The van der Waals surface area contributed by atoms with E-state index >= 15 is 0 Å². The molecule has 4 aliphatic carbocycles. The van der Waals surface area contributed by atoms with Crippen LogP contribution in [0.5, 0.6) is 0 Å². The Bertz CT molecular complexity index is 1090. The van der Waals surface area contributed by atoms with Crippen LogP contribution < -0.4 is 5.32 Å². The zero-order valence-electron chi connectivity index (χ0n) is 19.4. The SMILES string of the molecule is C#CCN(C)Cc1ccc(NC(=O)OC23CC4CC(C)(CC(C)(C4)C2)C3)c2ncccc12. The predicted octanol–water partition coefficient (Wildman–Crippen LogP) is 5.60. The molecular formula is C27H33N3O2. The van der Waals surface area contributed by atoms with Crippen LogP contribution in [0.15, 0.2) is 30.5 Å². The van der Waals surface area contributed by atoms with E-state index in [0.717, 1.165) is 42.3 Å². The molecule has 4 saturated carbocycles. The van der Waals surface area contributed by atoms with Gasteiger partial charge in [0.1, 0.15) is 5.60 Å². The summed E-state index contributed by atoms with van der Waals surface area (Å²) < 4.78 is 6.25. The summed E-state index contributed by atoms with van der Waals surface area (Å²) in [4.78, 5) is 19.8. The van der Waals surface area contributed by atoms with Crippen LogP contribution in [0.2, 0.25) is 0 Å². The predicted molar refractivity (Wildman–Crippen MR) is 127 cm³/mol. The molecule has 2 unspecified atom stereocenters. The summed E-state index contributed by atoms with van der Waals surface area (Å²) in [6, 6.07) is 7.93. The van der Waals surface area contributed by atoms with E-state index in [-0.39, 0.29) is 11.7 Å². The van der Waals surface area contributed by atoms with Gasteiger partial charge in [-0.25, -0.2) is 4.79 Å². The number of nitrogens with zero attached hydrogens (tertiary/aromatic N) is 2. The molecule has 1 heterocycles. The van der Waals surface area contributed by atoms with Gasteiger partial charge in [-0.05, 0) is 80.0 Å². The summed E-state index contributed by atoms with van der Waals surface area (Å²) in [7, 11) is 2.00. The molecule has 0 spiro atoms. The third-order valence-electron chi connectivity index (χ3n) is 7.78. The number of aromatic nitrogens is 1. The number of terminal acetylenes is 1. The van der Waals surface area contributed by atoms with Crippen molar-refractivity contribution < 1.29 is 9.53 Å². The number of rotatable bonds is 5. The van der Waals surface area contributed by atoms with Gasteiger partial charge in [-0.3, -0.25) is 15.2 Å². The molecule has 0 saturated heterocycles. The number of carbonyl (C=O) groups is 1. The average Bonchev–Trinajstić information content (AvgIpc) is 2.67. The molecule has 4 bridgehead atoms. The van der Waals surface area contributed by atoms with Crippen molar-refractivity contribution in [3.05, 3.63) is 36.0 Å². The first-order valence-corrected chi connectivity index (χ1v) is 11.7. The van der Waals surface area contributed by atoms with Crippen molar-refractivity contribution in [1.29, 1.82) is 0 Å². The van der Waals surface area contributed by atoms with Crippen molar-refractivity contribution in [1.82, 2.24) is 9.88 Å². The maximum atomic E-state index is 13.1. The Kier molecular flexibility index (Phi) is 4.98. The second kappa shape index (κ2) is 7.49. The Morgan fingerprint density at radius 1 is 1.22 bits per heavy atom. The molecule has 6 rings (SSSR count). The second-order valence-corrected chi connectivity index (χ2v) is 11.4. The quantitative estimate of drug-likeness (QED) is 0.627. The molecule has 1 amide bonds. The van der Waals surface area contributed by atoms with E-state index in [0.29, 0.717) is 29.0 Å². The fourth-order valence-electron chi connectivity index (χ4n) is 7.76. The van der Waals surface area contributed by atoms with Crippen molar-refractivity contribution in [3.8, 4) is 12.3 Å². The number of pyridine rings is 1. The van der Waals surface area contributed by atoms with E-state index in [1.165, 1.54) is 19.3 Å². The lowest BCUT2D eigenvalue weighted by Crippen LogP contribution is -2.60. The van der Waals surface area contributed by atoms with Crippen LogP contribution in [0.1, 0.15) is 57.9 Å². The number of ether oxygens (including phenoxy) is 1. The average molecular weight is 432 g/mol. The molecule has 5 nitrogen and oxygen atoms in total. The van der Waals surface area contributed by atoms with Gasteiger partial charge < -0.3 is 4.74 Å². The molecule has 0 radical (unpaired) electrons. The maximum Gasteiger partial charge on any atom is 0.412 e. The second-order valence-electron chi connectivity index (χ2n) is 11.4. The first-order valence-electron chi connectivity index (χ1n) is 11.7. The summed E-state index contributed by atoms with van der Waals surface area (Å²) in [6.45, 7) is 6.08. The fourth-order valence-corrected chi connectivity index (χ4v) is 7.76. The highest BCUT2D eigenvalue weighted by molar-refractivity contribution is 5.99. The number of benzene rings is 1. The molecule has 168 valence electrons. The summed E-state index contributed by atoms with van der Waals surface area (Å²) in [5.41, 5.74) is 2.88. The van der Waals surface area contributed by atoms with Gasteiger partial charge in [0.05, 0.1) is 17.7 Å². The molecule has 32 heavy (non-hydrogen) atoms. The van der Waals surface area contributed by atoms with Crippen molar-refractivity contribution in [2.75, 3.05) is 18.9 Å². The normalized spacial score (nSPS) is 32.8. The zero-order chi connectivity index (χ0) is 22.6. The topological polar surface area (TPSA) is 54.5 Å². The first kappa shape index (κ1) is 21.3. The van der Waals surface area contributed by atoms with Crippen molar-refractivity contribution in [3.63, 3.8) is 0 Å². The molecule has 1 aromatic carbocycles. The van der Waals surface area contributed by atoms with Gasteiger partial charge in [0, 0.05) is 18.1 Å². The lowest BCUT2D eigenvalue weighted by atomic mass is 9.43. The van der Waals surface area contributed by atoms with Crippen molar-refractivity contribution in [2.24, 2.45) is 16.7 Å². The van der Waals surface area contributed by atoms with Crippen LogP contribution >= 0.6 is 0 Å². The van der Waals surface area contributed by atoms with E-state index in [9.17, 15) is 4.79 Å². The highest BCUT2D eigenvalue weighted by atomic mass is 16.6. The molecule has 4 aliphatic rings. The number of carbonyl (C=O) groups excluding carboxylic acids is 1. The standard InChI is InChI=1S/C27H33N3O2/c1-5-11-30(4)15-20-8-9-22(23-21(20)7-6-10-28-23)29-24(31)32-27-14-19-12-25(2,17-27)16-26(3,13-19)18-27/h1,6-10,19H,11-18H2,2-4H3,(H,29,31). The molecule has 1 N–H and O–H groups in total. The first-order chi connectivity index (χ1) is 15.2. The van der Waals surface area contributed by atoms with Crippen LogP contribution in [0.3, 0.4) is 0 Å². The molecule has 0 aliphatic heterocycles. The minimum Gasteiger partial charge on any atom is -0.443 e.